The number of hydrogen-bond donors (Lipinski definition) is 0. The summed E-state index contributed by atoms with van der Waals surface area (Å²) in [5, 5.41) is 0. The molecular weight excluding hydrogens is 332 g/mol. The van der Waals surface area contributed by atoms with Gasteiger partial charge in [0.25, 0.3) is 0 Å². The zero-order valence-corrected chi connectivity index (χ0v) is 16.3. The molecule has 2 aromatic carbocycles. The highest BCUT2D eigenvalue weighted by Gasteiger charge is 2.75. The van der Waals surface area contributed by atoms with Gasteiger partial charge in [0.05, 0.1) is 11.0 Å². The summed E-state index contributed by atoms with van der Waals surface area (Å²) in [6.45, 7) is 7.27. The van der Waals surface area contributed by atoms with Gasteiger partial charge in [0.2, 0.25) is 0 Å². The summed E-state index contributed by atoms with van der Waals surface area (Å²) in [6, 6.07) is 19.2. The fraction of sp³-hybridized carbons (Fsp3) is 0.458. The third kappa shape index (κ3) is 1.66. The molecule has 1 unspecified atom stereocenters. The van der Waals surface area contributed by atoms with Gasteiger partial charge in [-0.05, 0) is 37.3 Å². The maximum Gasteiger partial charge on any atom is 0.163 e. The molecule has 138 valence electrons. The molecule has 2 aliphatic carbocycles. The number of ether oxygens (including phenoxy) is 1. The first-order valence-corrected chi connectivity index (χ1v) is 10.2. The Morgan fingerprint density at radius 1 is 1.00 bits per heavy atom. The molecule has 1 spiro atoms. The van der Waals surface area contributed by atoms with E-state index in [-0.39, 0.29) is 22.7 Å². The fourth-order valence-corrected chi connectivity index (χ4v) is 6.73. The van der Waals surface area contributed by atoms with Crippen molar-refractivity contribution in [3.8, 4) is 0 Å². The standard InChI is InChI=1S/C24H26N2O/c1-22(2)17-13-14-23(3,15-17)24(22)21-25-18-11-7-8-12-19(18)26(21)20(27-24)16-9-5-4-6-10-16/h4-12,17,20H,13-15H2,1-3H3/t17?,20-,23+,24+/m0/s1. The van der Waals surface area contributed by atoms with Crippen LogP contribution in [0.15, 0.2) is 54.6 Å². The van der Waals surface area contributed by atoms with Crippen LogP contribution >= 0.6 is 0 Å². The van der Waals surface area contributed by atoms with Gasteiger partial charge in [-0.2, -0.15) is 0 Å². The van der Waals surface area contributed by atoms with Crippen LogP contribution in [0.1, 0.15) is 57.6 Å². The number of benzene rings is 2. The number of fused-ring (bicyclic) bond motifs is 7. The topological polar surface area (TPSA) is 27.1 Å². The monoisotopic (exact) mass is 358 g/mol. The van der Waals surface area contributed by atoms with Crippen molar-refractivity contribution in [1.29, 1.82) is 0 Å². The van der Waals surface area contributed by atoms with Crippen molar-refractivity contribution in [1.82, 2.24) is 9.55 Å². The molecule has 0 amide bonds. The Kier molecular flexibility index (Phi) is 2.84. The van der Waals surface area contributed by atoms with Gasteiger partial charge >= 0.3 is 0 Å². The van der Waals surface area contributed by atoms with Crippen molar-refractivity contribution < 1.29 is 4.74 Å². The van der Waals surface area contributed by atoms with E-state index in [1.165, 1.54) is 30.3 Å². The quantitative estimate of drug-likeness (QED) is 0.561. The van der Waals surface area contributed by atoms with E-state index in [1.54, 1.807) is 0 Å². The number of para-hydroxylation sites is 2. The van der Waals surface area contributed by atoms with Crippen molar-refractivity contribution in [2.45, 2.75) is 51.9 Å². The van der Waals surface area contributed by atoms with Gasteiger partial charge in [0.15, 0.2) is 6.23 Å². The number of rotatable bonds is 1. The first kappa shape index (κ1) is 15.9. The lowest BCUT2D eigenvalue weighted by molar-refractivity contribution is -0.201. The zero-order valence-electron chi connectivity index (χ0n) is 16.3. The van der Waals surface area contributed by atoms with Gasteiger partial charge in [0.1, 0.15) is 11.4 Å². The Labute approximate surface area is 160 Å². The Hall–Kier alpha value is -2.13. The summed E-state index contributed by atoms with van der Waals surface area (Å²) in [4.78, 5) is 5.20. The SMILES string of the molecule is CC1(C)C2CC[C@](C)(C2)[C@]12O[C@@H](c1ccccc1)n1c2nc2ccccc21. The number of imidazole rings is 1. The molecule has 6 rings (SSSR count). The summed E-state index contributed by atoms with van der Waals surface area (Å²) < 4.78 is 9.55. The molecular formula is C24H26N2O. The normalized spacial score (nSPS) is 36.0. The molecule has 2 bridgehead atoms. The average Bonchev–Trinajstić information content (AvgIpc) is 3.36. The lowest BCUT2D eigenvalue weighted by Gasteiger charge is -2.50. The van der Waals surface area contributed by atoms with Gasteiger partial charge in [-0.3, -0.25) is 4.57 Å². The minimum Gasteiger partial charge on any atom is -0.338 e. The van der Waals surface area contributed by atoms with Crippen molar-refractivity contribution in [2.24, 2.45) is 16.7 Å². The second-order valence-electron chi connectivity index (χ2n) is 9.58. The van der Waals surface area contributed by atoms with Crippen LogP contribution in [0.25, 0.3) is 11.0 Å². The van der Waals surface area contributed by atoms with E-state index in [1.807, 2.05) is 0 Å². The van der Waals surface area contributed by atoms with Gasteiger partial charge < -0.3 is 4.74 Å². The minimum absolute atomic E-state index is 0.0721. The Morgan fingerprint density at radius 2 is 1.74 bits per heavy atom. The van der Waals surface area contributed by atoms with E-state index >= 15 is 0 Å². The lowest BCUT2D eigenvalue weighted by atomic mass is 9.60. The summed E-state index contributed by atoms with van der Waals surface area (Å²) in [7, 11) is 0. The number of nitrogens with zero attached hydrogens (tertiary/aromatic N) is 2. The minimum atomic E-state index is -0.331. The van der Waals surface area contributed by atoms with Crippen LogP contribution < -0.4 is 0 Å². The Balaban J connectivity index is 1.68. The molecule has 0 radical (unpaired) electrons. The molecule has 0 saturated heterocycles. The van der Waals surface area contributed by atoms with Crippen molar-refractivity contribution in [3.05, 3.63) is 66.0 Å². The van der Waals surface area contributed by atoms with Crippen LogP contribution in [0.5, 0.6) is 0 Å². The largest absolute Gasteiger partial charge is 0.338 e. The van der Waals surface area contributed by atoms with Gasteiger partial charge in [-0.25, -0.2) is 4.98 Å². The van der Waals surface area contributed by atoms with Crippen LogP contribution in [0.3, 0.4) is 0 Å². The zero-order chi connectivity index (χ0) is 18.4. The van der Waals surface area contributed by atoms with E-state index in [2.05, 4.69) is 79.9 Å². The fourth-order valence-electron chi connectivity index (χ4n) is 6.73. The summed E-state index contributed by atoms with van der Waals surface area (Å²) >= 11 is 0. The van der Waals surface area contributed by atoms with Crippen molar-refractivity contribution in [2.75, 3.05) is 0 Å². The van der Waals surface area contributed by atoms with Crippen LogP contribution in [-0.4, -0.2) is 9.55 Å². The molecule has 3 heteroatoms. The molecule has 1 aliphatic heterocycles. The summed E-state index contributed by atoms with van der Waals surface area (Å²) in [6.07, 6.45) is 3.67. The molecule has 3 aliphatic rings. The van der Waals surface area contributed by atoms with Crippen LogP contribution in [0.4, 0.5) is 0 Å². The Bertz CT molecular complexity index is 1050. The number of aromatic nitrogens is 2. The molecule has 4 atom stereocenters. The molecule has 27 heavy (non-hydrogen) atoms. The summed E-state index contributed by atoms with van der Waals surface area (Å²) in [5.74, 6) is 1.84. The van der Waals surface area contributed by atoms with Gasteiger partial charge in [-0.15, -0.1) is 0 Å². The second kappa shape index (κ2) is 4.82. The highest BCUT2D eigenvalue weighted by atomic mass is 16.5. The lowest BCUT2D eigenvalue weighted by Crippen LogP contribution is -2.51. The average molecular weight is 358 g/mol. The third-order valence-electron chi connectivity index (χ3n) is 8.04. The second-order valence-corrected chi connectivity index (χ2v) is 9.58. The summed E-state index contributed by atoms with van der Waals surface area (Å²) in [5.41, 5.74) is 3.36. The third-order valence-corrected chi connectivity index (χ3v) is 8.04. The highest BCUT2D eigenvalue weighted by molar-refractivity contribution is 5.77. The first-order chi connectivity index (χ1) is 13.0. The van der Waals surface area contributed by atoms with Crippen LogP contribution in [-0.2, 0) is 10.3 Å². The molecule has 3 nitrogen and oxygen atoms in total. The van der Waals surface area contributed by atoms with E-state index in [0.29, 0.717) is 5.92 Å². The first-order valence-electron chi connectivity index (χ1n) is 10.2. The molecule has 2 saturated carbocycles. The van der Waals surface area contributed by atoms with Crippen molar-refractivity contribution >= 4 is 11.0 Å². The van der Waals surface area contributed by atoms with Gasteiger partial charge in [0, 0.05) is 16.4 Å². The molecule has 1 aromatic heterocycles. The van der Waals surface area contributed by atoms with Crippen LogP contribution in [0.2, 0.25) is 0 Å². The van der Waals surface area contributed by atoms with E-state index in [0.717, 1.165) is 11.3 Å². The molecule has 2 fully saturated rings. The maximum atomic E-state index is 7.17. The number of hydrogen-bond acceptors (Lipinski definition) is 2. The predicted molar refractivity (Wildman–Crippen MR) is 106 cm³/mol. The Morgan fingerprint density at radius 3 is 2.48 bits per heavy atom. The molecule has 2 heterocycles. The smallest absolute Gasteiger partial charge is 0.163 e. The van der Waals surface area contributed by atoms with E-state index in [9.17, 15) is 0 Å². The maximum absolute atomic E-state index is 7.17. The molecule has 0 N–H and O–H groups in total. The molecule has 3 aromatic rings. The highest BCUT2D eigenvalue weighted by Crippen LogP contribution is 2.75. The van der Waals surface area contributed by atoms with E-state index < -0.39 is 0 Å². The predicted octanol–water partition coefficient (Wildman–Crippen LogP) is 5.65. The van der Waals surface area contributed by atoms with E-state index in [4.69, 9.17) is 9.72 Å². The van der Waals surface area contributed by atoms with Gasteiger partial charge in [-0.1, -0.05) is 63.2 Å². The van der Waals surface area contributed by atoms with Crippen molar-refractivity contribution in [3.63, 3.8) is 0 Å². The van der Waals surface area contributed by atoms with Crippen LogP contribution in [0, 0.1) is 16.7 Å².